The minimum absolute atomic E-state index is 0.0503. The van der Waals surface area contributed by atoms with Gasteiger partial charge in [0.2, 0.25) is 10.0 Å². The molecule has 100 valence electrons. The Bertz CT molecular complexity index is 550. The molecule has 1 aromatic heterocycles. The van der Waals surface area contributed by atoms with Crippen molar-refractivity contribution < 1.29 is 13.2 Å². The summed E-state index contributed by atoms with van der Waals surface area (Å²) < 4.78 is 22.0. The number of likely N-dealkylation sites (tertiary alicyclic amines) is 1. The molecule has 1 saturated heterocycles. The number of aromatic amines is 1. The summed E-state index contributed by atoms with van der Waals surface area (Å²) >= 11 is 0. The Hall–Kier alpha value is -1.34. The van der Waals surface area contributed by atoms with Crippen molar-refractivity contribution in [3.05, 3.63) is 23.5 Å². The number of carbonyl (C=O) groups is 1. The molecule has 1 aliphatic heterocycles. The molecule has 18 heavy (non-hydrogen) atoms. The van der Waals surface area contributed by atoms with E-state index in [4.69, 9.17) is 5.14 Å². The second-order valence-electron chi connectivity index (χ2n) is 4.79. The first-order chi connectivity index (χ1) is 8.37. The van der Waals surface area contributed by atoms with Crippen LogP contribution in [0.5, 0.6) is 0 Å². The largest absolute Gasteiger partial charge is 0.367 e. The van der Waals surface area contributed by atoms with Gasteiger partial charge in [0.1, 0.15) is 0 Å². The number of nitrogens with two attached hydrogens (primary N) is 1. The Balaban J connectivity index is 2.01. The van der Waals surface area contributed by atoms with Crippen LogP contribution < -0.4 is 5.14 Å². The number of nitrogens with zero attached hydrogens (tertiary/aromatic N) is 1. The molecule has 6 nitrogen and oxygen atoms in total. The van der Waals surface area contributed by atoms with Crippen molar-refractivity contribution >= 4 is 15.9 Å². The summed E-state index contributed by atoms with van der Waals surface area (Å²) in [5, 5.41) is 5.02. The van der Waals surface area contributed by atoms with Crippen LogP contribution in [0.15, 0.2) is 12.4 Å². The second-order valence-corrected chi connectivity index (χ2v) is 6.45. The van der Waals surface area contributed by atoms with Crippen molar-refractivity contribution in [1.29, 1.82) is 0 Å². The minimum Gasteiger partial charge on any atom is -0.367 e. The van der Waals surface area contributed by atoms with Crippen LogP contribution >= 0.6 is 0 Å². The number of nitrogens with one attached hydrogen (secondary N) is 1. The SMILES string of the molecule is Cc1c[nH]cc1C(=O)N1CCC(CS(N)(=O)=O)C1. The standard InChI is InChI=1S/C11H17N3O3S/c1-8-4-13-5-10(8)11(15)14-3-2-9(6-14)7-18(12,16)17/h4-5,9,13H,2-3,6-7H2,1H3,(H2,12,16,17). The van der Waals surface area contributed by atoms with Gasteiger partial charge in [0.25, 0.3) is 5.91 Å². The fourth-order valence-electron chi connectivity index (χ4n) is 2.32. The molecule has 1 aromatic rings. The number of H-pyrrole nitrogens is 1. The van der Waals surface area contributed by atoms with Crippen LogP contribution in [0, 0.1) is 12.8 Å². The highest BCUT2D eigenvalue weighted by molar-refractivity contribution is 7.89. The number of sulfonamides is 1. The van der Waals surface area contributed by atoms with Crippen molar-refractivity contribution in [3.8, 4) is 0 Å². The highest BCUT2D eigenvalue weighted by Gasteiger charge is 2.29. The van der Waals surface area contributed by atoms with Crippen LogP contribution in [-0.4, -0.2) is 43.1 Å². The molecule has 1 unspecified atom stereocenters. The lowest BCUT2D eigenvalue weighted by Crippen LogP contribution is -2.30. The number of hydrogen-bond donors (Lipinski definition) is 2. The molecule has 1 atom stereocenters. The first-order valence-corrected chi connectivity index (χ1v) is 7.51. The normalized spacial score (nSPS) is 20.3. The summed E-state index contributed by atoms with van der Waals surface area (Å²) in [6.07, 6.45) is 4.13. The molecule has 1 amide bonds. The van der Waals surface area contributed by atoms with E-state index in [1.165, 1.54) is 0 Å². The van der Waals surface area contributed by atoms with Gasteiger partial charge in [-0.1, -0.05) is 0 Å². The number of primary sulfonamides is 1. The van der Waals surface area contributed by atoms with Crippen LogP contribution in [-0.2, 0) is 10.0 Å². The van der Waals surface area contributed by atoms with Gasteiger partial charge in [-0.25, -0.2) is 13.6 Å². The second kappa shape index (κ2) is 4.74. The average molecular weight is 271 g/mol. The summed E-state index contributed by atoms with van der Waals surface area (Å²) in [6, 6.07) is 0. The fraction of sp³-hybridized carbons (Fsp3) is 0.545. The molecule has 3 N–H and O–H groups in total. The Labute approximate surface area is 106 Å². The molecule has 0 aromatic carbocycles. The third-order valence-electron chi connectivity index (χ3n) is 3.22. The third-order valence-corrected chi connectivity index (χ3v) is 4.16. The molecule has 0 bridgehead atoms. The Morgan fingerprint density at radius 2 is 2.28 bits per heavy atom. The van der Waals surface area contributed by atoms with Crippen molar-refractivity contribution in [1.82, 2.24) is 9.88 Å². The average Bonchev–Trinajstić information content (AvgIpc) is 2.84. The highest BCUT2D eigenvalue weighted by Crippen LogP contribution is 2.20. The maximum atomic E-state index is 12.2. The highest BCUT2D eigenvalue weighted by atomic mass is 32.2. The van der Waals surface area contributed by atoms with Gasteiger partial charge in [0.15, 0.2) is 0 Å². The lowest BCUT2D eigenvalue weighted by molar-refractivity contribution is 0.0787. The van der Waals surface area contributed by atoms with Gasteiger partial charge in [-0.05, 0) is 24.8 Å². The van der Waals surface area contributed by atoms with E-state index < -0.39 is 10.0 Å². The summed E-state index contributed by atoms with van der Waals surface area (Å²) in [6.45, 7) is 2.91. The fourth-order valence-corrected chi connectivity index (χ4v) is 3.25. The first kappa shape index (κ1) is 13.1. The smallest absolute Gasteiger partial charge is 0.255 e. The molecular formula is C11H17N3O3S. The third kappa shape index (κ3) is 2.91. The number of amides is 1. The Morgan fingerprint density at radius 1 is 1.56 bits per heavy atom. The summed E-state index contributed by atoms with van der Waals surface area (Å²) in [5.41, 5.74) is 1.54. The van der Waals surface area contributed by atoms with Crippen molar-refractivity contribution in [2.75, 3.05) is 18.8 Å². The van der Waals surface area contributed by atoms with Gasteiger partial charge < -0.3 is 9.88 Å². The van der Waals surface area contributed by atoms with E-state index in [-0.39, 0.29) is 17.6 Å². The zero-order valence-electron chi connectivity index (χ0n) is 10.2. The van der Waals surface area contributed by atoms with Gasteiger partial charge in [-0.3, -0.25) is 4.79 Å². The van der Waals surface area contributed by atoms with E-state index in [9.17, 15) is 13.2 Å². The topological polar surface area (TPSA) is 96.3 Å². The van der Waals surface area contributed by atoms with Crippen LogP contribution in [0.1, 0.15) is 22.3 Å². The Morgan fingerprint density at radius 3 is 2.83 bits per heavy atom. The Kier molecular flexibility index (Phi) is 3.45. The molecule has 0 saturated carbocycles. The van der Waals surface area contributed by atoms with Gasteiger partial charge in [0.05, 0.1) is 11.3 Å². The maximum absolute atomic E-state index is 12.2. The van der Waals surface area contributed by atoms with Crippen LogP contribution in [0.2, 0.25) is 0 Å². The molecule has 2 heterocycles. The van der Waals surface area contributed by atoms with Crippen molar-refractivity contribution in [2.24, 2.45) is 11.1 Å². The number of rotatable bonds is 3. The van der Waals surface area contributed by atoms with Crippen molar-refractivity contribution in [2.45, 2.75) is 13.3 Å². The first-order valence-electron chi connectivity index (χ1n) is 5.80. The van der Waals surface area contributed by atoms with Crippen LogP contribution in [0.3, 0.4) is 0 Å². The number of aromatic nitrogens is 1. The monoisotopic (exact) mass is 271 g/mol. The van der Waals surface area contributed by atoms with E-state index >= 15 is 0 Å². The molecule has 2 rings (SSSR count). The summed E-state index contributed by atoms with van der Waals surface area (Å²) in [4.78, 5) is 16.7. The summed E-state index contributed by atoms with van der Waals surface area (Å²) in [5.74, 6) is -0.156. The number of aryl methyl sites for hydroxylation is 1. The van der Waals surface area contributed by atoms with Crippen LogP contribution in [0.4, 0.5) is 0 Å². The van der Waals surface area contributed by atoms with Gasteiger partial charge in [-0.15, -0.1) is 0 Å². The molecular weight excluding hydrogens is 254 g/mol. The number of hydrogen-bond acceptors (Lipinski definition) is 3. The molecule has 0 aliphatic carbocycles. The van der Waals surface area contributed by atoms with E-state index in [1.54, 1.807) is 17.3 Å². The predicted octanol–water partition coefficient (Wildman–Crippen LogP) is 0.0737. The maximum Gasteiger partial charge on any atom is 0.255 e. The van der Waals surface area contributed by atoms with Gasteiger partial charge >= 0.3 is 0 Å². The van der Waals surface area contributed by atoms with E-state index in [0.717, 1.165) is 5.56 Å². The van der Waals surface area contributed by atoms with Crippen LogP contribution in [0.25, 0.3) is 0 Å². The van der Waals surface area contributed by atoms with Gasteiger partial charge in [0, 0.05) is 25.5 Å². The molecule has 0 spiro atoms. The molecule has 1 fully saturated rings. The quantitative estimate of drug-likeness (QED) is 0.814. The van der Waals surface area contributed by atoms with E-state index in [0.29, 0.717) is 25.1 Å². The molecule has 0 radical (unpaired) electrons. The van der Waals surface area contributed by atoms with Gasteiger partial charge in [-0.2, -0.15) is 0 Å². The minimum atomic E-state index is -3.46. The summed E-state index contributed by atoms with van der Waals surface area (Å²) in [7, 11) is -3.46. The van der Waals surface area contributed by atoms with E-state index in [2.05, 4.69) is 4.98 Å². The van der Waals surface area contributed by atoms with E-state index in [1.807, 2.05) is 6.92 Å². The lowest BCUT2D eigenvalue weighted by atomic mass is 10.1. The molecule has 7 heteroatoms. The zero-order chi connectivity index (χ0) is 13.3. The molecule has 1 aliphatic rings. The lowest BCUT2D eigenvalue weighted by Gasteiger charge is -2.16. The number of carbonyl (C=O) groups excluding carboxylic acids is 1. The zero-order valence-corrected chi connectivity index (χ0v) is 11.0. The predicted molar refractivity (Wildman–Crippen MR) is 67.5 cm³/mol. The van der Waals surface area contributed by atoms with Crippen molar-refractivity contribution in [3.63, 3.8) is 0 Å².